The summed E-state index contributed by atoms with van der Waals surface area (Å²) in [5.41, 5.74) is 8.07. The van der Waals surface area contributed by atoms with Gasteiger partial charge in [0.25, 0.3) is 0 Å². The van der Waals surface area contributed by atoms with Crippen molar-refractivity contribution >= 4 is 43.5 Å². The molecule has 0 fully saturated rings. The van der Waals surface area contributed by atoms with Gasteiger partial charge in [-0.2, -0.15) is 0 Å². The van der Waals surface area contributed by atoms with Crippen molar-refractivity contribution in [3.63, 3.8) is 0 Å². The molecule has 7 aromatic carbocycles. The summed E-state index contributed by atoms with van der Waals surface area (Å²) < 4.78 is 7.98. The van der Waals surface area contributed by atoms with Crippen LogP contribution in [0.3, 0.4) is 0 Å². The van der Waals surface area contributed by atoms with E-state index in [1.54, 1.807) is 0 Å². The molecule has 3 heterocycles. The van der Waals surface area contributed by atoms with Gasteiger partial charge in [-0.1, -0.05) is 121 Å². The van der Waals surface area contributed by atoms with Gasteiger partial charge in [-0.05, 0) is 59.7 Å². The molecule has 6 nitrogen and oxygen atoms in total. The molecule has 3 aromatic heterocycles. The Morgan fingerprint density at radius 3 is 1.65 bits per heavy atom. The standard InChI is InChI=1S/C46H28N4O2/c51-46-39-28-41-38(27-36(39)35-21-10-11-22-42(35)52-46)37-26-32(23-24-40(37)50(41)34-19-8-3-9-20-34)31-17-12-18-33(25-31)45-48-43(29-13-4-1-5-14-29)47-44(49-45)30-15-6-2-7-16-30/h1-28H. The Morgan fingerprint density at radius 1 is 0.385 bits per heavy atom. The second kappa shape index (κ2) is 12.0. The van der Waals surface area contributed by atoms with E-state index in [1.807, 2.05) is 115 Å². The summed E-state index contributed by atoms with van der Waals surface area (Å²) in [6, 6.07) is 57.0. The molecule has 52 heavy (non-hydrogen) atoms. The molecule has 0 unspecified atom stereocenters. The first-order valence-electron chi connectivity index (χ1n) is 17.1. The highest BCUT2D eigenvalue weighted by Gasteiger charge is 2.18. The molecular formula is C46H28N4O2. The molecule has 0 amide bonds. The van der Waals surface area contributed by atoms with Crippen LogP contribution in [0.2, 0.25) is 0 Å². The van der Waals surface area contributed by atoms with Crippen LogP contribution in [0.4, 0.5) is 0 Å². The maximum atomic E-state index is 13.3. The SMILES string of the molecule is O=c1oc2ccccc2c2cc3c4cc(-c5cccc(-c6nc(-c7ccccc7)nc(-c7ccccc7)n6)c5)ccc4n(-c4ccccc4)c3cc12. The van der Waals surface area contributed by atoms with Crippen molar-refractivity contribution in [2.75, 3.05) is 0 Å². The highest BCUT2D eigenvalue weighted by atomic mass is 16.4. The Hall–Kier alpha value is -7.18. The molecule has 10 aromatic rings. The zero-order chi connectivity index (χ0) is 34.6. The summed E-state index contributed by atoms with van der Waals surface area (Å²) >= 11 is 0. The lowest BCUT2D eigenvalue weighted by Gasteiger charge is -2.10. The summed E-state index contributed by atoms with van der Waals surface area (Å²) in [5, 5.41) is 4.47. The molecular weight excluding hydrogens is 641 g/mol. The van der Waals surface area contributed by atoms with E-state index in [2.05, 4.69) is 59.2 Å². The quantitative estimate of drug-likeness (QED) is 0.135. The lowest BCUT2D eigenvalue weighted by atomic mass is 9.99. The smallest absolute Gasteiger partial charge is 0.344 e. The van der Waals surface area contributed by atoms with Gasteiger partial charge in [0.2, 0.25) is 0 Å². The van der Waals surface area contributed by atoms with Gasteiger partial charge in [0.15, 0.2) is 17.5 Å². The third-order valence-electron chi connectivity index (χ3n) is 9.67. The van der Waals surface area contributed by atoms with Gasteiger partial charge in [0, 0.05) is 43.9 Å². The molecule has 0 aliphatic rings. The molecule has 0 aliphatic heterocycles. The van der Waals surface area contributed by atoms with Crippen LogP contribution in [0.5, 0.6) is 0 Å². The lowest BCUT2D eigenvalue weighted by molar-refractivity contribution is 0.570. The number of fused-ring (bicyclic) bond motifs is 6. The number of nitrogens with zero attached hydrogens (tertiary/aromatic N) is 4. The predicted molar refractivity (Wildman–Crippen MR) is 209 cm³/mol. The molecule has 0 spiro atoms. The predicted octanol–water partition coefficient (Wildman–Crippen LogP) is 10.9. The minimum Gasteiger partial charge on any atom is -0.422 e. The molecule has 0 saturated heterocycles. The van der Waals surface area contributed by atoms with Crippen molar-refractivity contribution in [2.24, 2.45) is 0 Å². The van der Waals surface area contributed by atoms with Crippen LogP contribution in [-0.4, -0.2) is 19.5 Å². The fourth-order valence-corrected chi connectivity index (χ4v) is 7.20. The molecule has 244 valence electrons. The summed E-state index contributed by atoms with van der Waals surface area (Å²) in [5.74, 6) is 1.85. The van der Waals surface area contributed by atoms with Gasteiger partial charge in [-0.25, -0.2) is 19.7 Å². The highest BCUT2D eigenvalue weighted by Crippen LogP contribution is 2.38. The van der Waals surface area contributed by atoms with Gasteiger partial charge >= 0.3 is 5.63 Å². The highest BCUT2D eigenvalue weighted by molar-refractivity contribution is 6.18. The minimum absolute atomic E-state index is 0.345. The Bertz CT molecular complexity index is 2970. The summed E-state index contributed by atoms with van der Waals surface area (Å²) in [4.78, 5) is 28.1. The van der Waals surface area contributed by atoms with E-state index in [9.17, 15) is 4.79 Å². The fraction of sp³-hybridized carbons (Fsp3) is 0. The topological polar surface area (TPSA) is 73.8 Å². The summed E-state index contributed by atoms with van der Waals surface area (Å²) in [6.45, 7) is 0. The maximum absolute atomic E-state index is 13.3. The first-order chi connectivity index (χ1) is 25.7. The van der Waals surface area contributed by atoms with Crippen molar-refractivity contribution < 1.29 is 4.42 Å². The fourth-order valence-electron chi connectivity index (χ4n) is 7.20. The van der Waals surface area contributed by atoms with Gasteiger partial charge in [0.1, 0.15) is 5.58 Å². The molecule has 0 atom stereocenters. The number of para-hydroxylation sites is 2. The molecule has 0 N–H and O–H groups in total. The molecule has 0 aliphatic carbocycles. The van der Waals surface area contributed by atoms with E-state index in [-0.39, 0.29) is 5.63 Å². The van der Waals surface area contributed by atoms with E-state index in [4.69, 9.17) is 19.4 Å². The first kappa shape index (κ1) is 29.7. The number of hydrogen-bond acceptors (Lipinski definition) is 5. The Balaban J connectivity index is 1.17. The number of benzene rings is 7. The van der Waals surface area contributed by atoms with Crippen LogP contribution in [0.1, 0.15) is 0 Å². The molecule has 6 heteroatoms. The van der Waals surface area contributed by atoms with Crippen molar-refractivity contribution in [2.45, 2.75) is 0 Å². The maximum Gasteiger partial charge on any atom is 0.344 e. The molecule has 0 saturated carbocycles. The normalized spacial score (nSPS) is 11.5. The van der Waals surface area contributed by atoms with Gasteiger partial charge in [0.05, 0.1) is 16.4 Å². The van der Waals surface area contributed by atoms with Gasteiger partial charge < -0.3 is 8.98 Å². The zero-order valence-electron chi connectivity index (χ0n) is 27.8. The van der Waals surface area contributed by atoms with Crippen LogP contribution < -0.4 is 5.63 Å². The van der Waals surface area contributed by atoms with Gasteiger partial charge in [-0.15, -0.1) is 0 Å². The van der Waals surface area contributed by atoms with E-state index in [0.717, 1.165) is 66.1 Å². The van der Waals surface area contributed by atoms with Crippen molar-refractivity contribution in [1.82, 2.24) is 19.5 Å². The first-order valence-corrected chi connectivity index (χ1v) is 17.1. The van der Waals surface area contributed by atoms with E-state index in [1.165, 1.54) is 0 Å². The Kier molecular flexibility index (Phi) is 6.86. The molecule has 0 bridgehead atoms. The van der Waals surface area contributed by atoms with Gasteiger partial charge in [-0.3, -0.25) is 0 Å². The van der Waals surface area contributed by atoms with Crippen LogP contribution in [0.15, 0.2) is 179 Å². The minimum atomic E-state index is -0.345. The van der Waals surface area contributed by atoms with Crippen LogP contribution in [-0.2, 0) is 0 Å². The van der Waals surface area contributed by atoms with Crippen molar-refractivity contribution in [3.8, 4) is 51.0 Å². The average Bonchev–Trinajstić information content (AvgIpc) is 3.54. The van der Waals surface area contributed by atoms with Crippen LogP contribution in [0.25, 0.3) is 94.5 Å². The third-order valence-corrected chi connectivity index (χ3v) is 9.67. The second-order valence-electron chi connectivity index (χ2n) is 12.8. The average molecular weight is 669 g/mol. The van der Waals surface area contributed by atoms with Crippen molar-refractivity contribution in [1.29, 1.82) is 0 Å². The monoisotopic (exact) mass is 668 g/mol. The van der Waals surface area contributed by atoms with E-state index >= 15 is 0 Å². The van der Waals surface area contributed by atoms with E-state index in [0.29, 0.717) is 28.4 Å². The number of hydrogen-bond donors (Lipinski definition) is 0. The number of rotatable bonds is 5. The number of aromatic nitrogens is 4. The van der Waals surface area contributed by atoms with Crippen LogP contribution in [0, 0.1) is 0 Å². The Labute approximate surface area is 297 Å². The Morgan fingerprint density at radius 2 is 0.942 bits per heavy atom. The zero-order valence-corrected chi connectivity index (χ0v) is 27.8. The molecule has 10 rings (SSSR count). The summed E-state index contributed by atoms with van der Waals surface area (Å²) in [7, 11) is 0. The van der Waals surface area contributed by atoms with E-state index < -0.39 is 0 Å². The lowest BCUT2D eigenvalue weighted by Crippen LogP contribution is -2.00. The van der Waals surface area contributed by atoms with Crippen molar-refractivity contribution in [3.05, 3.63) is 180 Å². The largest absolute Gasteiger partial charge is 0.422 e. The second-order valence-corrected chi connectivity index (χ2v) is 12.8. The van der Waals surface area contributed by atoms with Crippen LogP contribution >= 0.6 is 0 Å². The summed E-state index contributed by atoms with van der Waals surface area (Å²) in [6.07, 6.45) is 0. The third kappa shape index (κ3) is 4.96. The molecule has 0 radical (unpaired) electrons.